The number of halogens is 2. The van der Waals surface area contributed by atoms with E-state index in [2.05, 4.69) is 34.4 Å². The van der Waals surface area contributed by atoms with E-state index in [9.17, 15) is 18.4 Å². The number of benzene rings is 2. The van der Waals surface area contributed by atoms with Crippen LogP contribution in [0.25, 0.3) is 28.0 Å². The molecule has 2 heterocycles. The summed E-state index contributed by atoms with van der Waals surface area (Å²) >= 11 is 0. The summed E-state index contributed by atoms with van der Waals surface area (Å²) in [5.41, 5.74) is 1.28. The van der Waals surface area contributed by atoms with Gasteiger partial charge in [0.1, 0.15) is 17.3 Å². The predicted octanol–water partition coefficient (Wildman–Crippen LogP) is 5.32. The summed E-state index contributed by atoms with van der Waals surface area (Å²) in [5, 5.41) is 6.53. The average molecular weight is 563 g/mol. The van der Waals surface area contributed by atoms with E-state index < -0.39 is 22.9 Å². The second kappa shape index (κ2) is 13.5. The Morgan fingerprint density at radius 1 is 0.976 bits per heavy atom. The van der Waals surface area contributed by atoms with Crippen molar-refractivity contribution in [3.63, 3.8) is 0 Å². The topological polar surface area (TPSA) is 92.2 Å². The zero-order valence-corrected chi connectivity index (χ0v) is 23.9. The van der Waals surface area contributed by atoms with Crippen LogP contribution in [0, 0.1) is 18.6 Å². The summed E-state index contributed by atoms with van der Waals surface area (Å²) in [7, 11) is 0. The van der Waals surface area contributed by atoms with Crippen molar-refractivity contribution in [2.75, 3.05) is 38.0 Å². The maximum Gasteiger partial charge on any atom is 0.256 e. The molecule has 10 heteroatoms. The van der Waals surface area contributed by atoms with Gasteiger partial charge in [0.05, 0.1) is 5.69 Å². The molecule has 2 N–H and O–H groups in total. The lowest BCUT2D eigenvalue weighted by Crippen LogP contribution is -2.25. The monoisotopic (exact) mass is 562 g/mol. The molecule has 8 nitrogen and oxygen atoms in total. The largest absolute Gasteiger partial charge is 0.354 e. The Kier molecular flexibility index (Phi) is 9.78. The molecule has 2 aromatic carbocycles. The van der Waals surface area contributed by atoms with Crippen LogP contribution in [0.1, 0.15) is 49.5 Å². The fourth-order valence-corrected chi connectivity index (χ4v) is 4.72. The van der Waals surface area contributed by atoms with Crippen LogP contribution >= 0.6 is 0 Å². The highest BCUT2D eigenvalue weighted by atomic mass is 19.1. The van der Waals surface area contributed by atoms with Crippen molar-refractivity contribution in [1.82, 2.24) is 24.8 Å². The van der Waals surface area contributed by atoms with Gasteiger partial charge in [0.2, 0.25) is 5.95 Å². The maximum absolute atomic E-state index is 15.0. The lowest BCUT2D eigenvalue weighted by atomic mass is 9.99. The van der Waals surface area contributed by atoms with Crippen molar-refractivity contribution >= 4 is 22.9 Å². The zero-order chi connectivity index (χ0) is 29.5. The molecule has 0 bridgehead atoms. The third-order valence-corrected chi connectivity index (χ3v) is 7.03. The molecule has 4 rings (SSSR count). The highest BCUT2D eigenvalue weighted by Gasteiger charge is 2.21. The number of carbonyl (C=O) groups excluding carboxylic acids is 1. The average Bonchev–Trinajstić information content (AvgIpc) is 2.96. The summed E-state index contributed by atoms with van der Waals surface area (Å²) in [6.45, 7) is 11.9. The highest BCUT2D eigenvalue weighted by molar-refractivity contribution is 5.98. The molecule has 41 heavy (non-hydrogen) atoms. The molecule has 0 radical (unpaired) electrons. The zero-order valence-electron chi connectivity index (χ0n) is 23.9. The van der Waals surface area contributed by atoms with Crippen molar-refractivity contribution in [3.05, 3.63) is 81.6 Å². The minimum atomic E-state index is -0.890. The third kappa shape index (κ3) is 6.59. The standard InChI is InChI=1S/C31H36F2N6O2/c1-5-16-34-30(41)21-13-12-20(4)23(19-21)27-22-14-15-26(40)39(28-24(32)10-8-11-25(28)33)29(22)37-31(36-27)35-17-9-18-38(6-2)7-3/h8,10-15,19H,5-7,9,16-18H2,1-4H3,(H,34,41)(H,35,36,37). The molecule has 2 aromatic heterocycles. The molecular formula is C31H36F2N6O2. The second-order valence-corrected chi connectivity index (χ2v) is 9.80. The van der Waals surface area contributed by atoms with Gasteiger partial charge in [-0.15, -0.1) is 0 Å². The number of fused-ring (bicyclic) bond motifs is 1. The van der Waals surface area contributed by atoms with E-state index in [4.69, 9.17) is 4.98 Å². The number of rotatable bonds is 12. The van der Waals surface area contributed by atoms with E-state index in [1.165, 1.54) is 12.1 Å². The number of aryl methyl sites for hydroxylation is 1. The summed E-state index contributed by atoms with van der Waals surface area (Å²) in [6, 6.07) is 11.5. The number of para-hydroxylation sites is 1. The number of pyridine rings is 1. The van der Waals surface area contributed by atoms with Crippen LogP contribution in [-0.2, 0) is 0 Å². The molecule has 0 spiro atoms. The predicted molar refractivity (Wildman–Crippen MR) is 159 cm³/mol. The SMILES string of the molecule is CCCNC(=O)c1ccc(C)c(-c2nc(NCCCN(CC)CC)nc3c2ccc(=O)n3-c2c(F)cccc2F)c1. The van der Waals surface area contributed by atoms with Gasteiger partial charge >= 0.3 is 0 Å². The van der Waals surface area contributed by atoms with Crippen LogP contribution in [0.3, 0.4) is 0 Å². The van der Waals surface area contributed by atoms with Crippen LogP contribution in [0.4, 0.5) is 14.7 Å². The number of anilines is 1. The Labute approximate surface area is 238 Å². The van der Waals surface area contributed by atoms with Gasteiger partial charge in [-0.05, 0) is 75.3 Å². The van der Waals surface area contributed by atoms with Gasteiger partial charge in [-0.3, -0.25) is 14.2 Å². The van der Waals surface area contributed by atoms with Crippen LogP contribution in [-0.4, -0.2) is 58.1 Å². The maximum atomic E-state index is 15.0. The molecule has 0 unspecified atom stereocenters. The van der Waals surface area contributed by atoms with Gasteiger partial charge in [0.15, 0.2) is 5.65 Å². The molecule has 0 saturated carbocycles. The first kappa shape index (κ1) is 29.8. The summed E-state index contributed by atoms with van der Waals surface area (Å²) in [6.07, 6.45) is 1.61. The fraction of sp³-hybridized carbons (Fsp3) is 0.355. The number of nitrogens with one attached hydrogen (secondary N) is 2. The second-order valence-electron chi connectivity index (χ2n) is 9.80. The van der Waals surface area contributed by atoms with Gasteiger partial charge in [-0.2, -0.15) is 4.98 Å². The molecule has 0 atom stereocenters. The molecule has 4 aromatic rings. The smallest absolute Gasteiger partial charge is 0.256 e. The first-order valence-electron chi connectivity index (χ1n) is 14.0. The number of carbonyl (C=O) groups is 1. The highest BCUT2D eigenvalue weighted by Crippen LogP contribution is 2.31. The first-order valence-corrected chi connectivity index (χ1v) is 14.0. The van der Waals surface area contributed by atoms with Crippen LogP contribution in [0.5, 0.6) is 0 Å². The number of hydrogen-bond donors (Lipinski definition) is 2. The van der Waals surface area contributed by atoms with Crippen molar-refractivity contribution in [2.45, 2.75) is 40.5 Å². The Balaban J connectivity index is 1.90. The van der Waals surface area contributed by atoms with Crippen molar-refractivity contribution in [3.8, 4) is 16.9 Å². The molecule has 0 fully saturated rings. The summed E-state index contributed by atoms with van der Waals surface area (Å²) < 4.78 is 30.9. The van der Waals surface area contributed by atoms with Crippen LogP contribution < -0.4 is 16.2 Å². The molecular weight excluding hydrogens is 526 g/mol. The van der Waals surface area contributed by atoms with Crippen molar-refractivity contribution in [2.24, 2.45) is 0 Å². The van der Waals surface area contributed by atoms with Gasteiger partial charge in [-0.25, -0.2) is 13.8 Å². The molecule has 216 valence electrons. The number of hydrogen-bond acceptors (Lipinski definition) is 6. The van der Waals surface area contributed by atoms with Crippen LogP contribution in [0.2, 0.25) is 0 Å². The number of nitrogens with zero attached hydrogens (tertiary/aromatic N) is 4. The third-order valence-electron chi connectivity index (χ3n) is 7.03. The Morgan fingerprint density at radius 3 is 2.39 bits per heavy atom. The summed E-state index contributed by atoms with van der Waals surface area (Å²) in [4.78, 5) is 37.5. The van der Waals surface area contributed by atoms with Crippen molar-refractivity contribution in [1.29, 1.82) is 0 Å². The van der Waals surface area contributed by atoms with E-state index in [1.807, 2.05) is 19.9 Å². The lowest BCUT2D eigenvalue weighted by Gasteiger charge is -2.18. The molecule has 0 aliphatic rings. The Morgan fingerprint density at radius 2 is 1.71 bits per heavy atom. The molecule has 0 aliphatic carbocycles. The van der Waals surface area contributed by atoms with E-state index in [0.717, 1.165) is 54.7 Å². The first-order chi connectivity index (χ1) is 19.8. The Bertz CT molecular complexity index is 1580. The normalized spacial score (nSPS) is 11.3. The van der Waals surface area contributed by atoms with E-state index in [0.29, 0.717) is 35.3 Å². The van der Waals surface area contributed by atoms with E-state index in [-0.39, 0.29) is 17.5 Å². The van der Waals surface area contributed by atoms with Crippen LogP contribution in [0.15, 0.2) is 53.3 Å². The van der Waals surface area contributed by atoms with E-state index in [1.54, 1.807) is 18.2 Å². The molecule has 0 aliphatic heterocycles. The number of aromatic nitrogens is 3. The fourth-order valence-electron chi connectivity index (χ4n) is 4.72. The summed E-state index contributed by atoms with van der Waals surface area (Å²) in [5.74, 6) is -1.78. The van der Waals surface area contributed by atoms with E-state index >= 15 is 0 Å². The molecule has 1 amide bonds. The lowest BCUT2D eigenvalue weighted by molar-refractivity contribution is 0.0953. The van der Waals surface area contributed by atoms with Gasteiger partial charge in [0, 0.05) is 35.7 Å². The van der Waals surface area contributed by atoms with Gasteiger partial charge in [0.25, 0.3) is 11.5 Å². The minimum absolute atomic E-state index is 0.0537. The number of amides is 1. The van der Waals surface area contributed by atoms with Crippen molar-refractivity contribution < 1.29 is 13.6 Å². The van der Waals surface area contributed by atoms with Gasteiger partial charge < -0.3 is 15.5 Å². The Hall–Kier alpha value is -4.18. The minimum Gasteiger partial charge on any atom is -0.354 e. The molecule has 0 saturated heterocycles. The van der Waals surface area contributed by atoms with Gasteiger partial charge in [-0.1, -0.05) is 32.9 Å². The quantitative estimate of drug-likeness (QED) is 0.227.